The van der Waals surface area contributed by atoms with Gasteiger partial charge >= 0.3 is 5.97 Å². The van der Waals surface area contributed by atoms with Gasteiger partial charge in [0.05, 0.1) is 11.1 Å². The Morgan fingerprint density at radius 3 is 2.14 bits per heavy atom. The van der Waals surface area contributed by atoms with E-state index >= 15 is 0 Å². The highest BCUT2D eigenvalue weighted by Gasteiger charge is 2.28. The summed E-state index contributed by atoms with van der Waals surface area (Å²) in [7, 11) is 0. The molecule has 116 valence electrons. The summed E-state index contributed by atoms with van der Waals surface area (Å²) in [5.74, 6) is -1.52. The van der Waals surface area contributed by atoms with Gasteiger partial charge in [-0.1, -0.05) is 19.1 Å². The number of amides is 1. The molecule has 21 heavy (non-hydrogen) atoms. The fourth-order valence-corrected chi connectivity index (χ4v) is 2.29. The number of aryl methyl sites for hydroxylation is 2. The molecule has 1 unspecified atom stereocenters. The zero-order valence-electron chi connectivity index (χ0n) is 13.0. The number of rotatable bonds is 6. The first kappa shape index (κ1) is 17.2. The summed E-state index contributed by atoms with van der Waals surface area (Å²) in [5, 5.41) is 21.3. The lowest BCUT2D eigenvalue weighted by Crippen LogP contribution is -2.46. The number of nitrogens with one attached hydrogen (secondary N) is 1. The topological polar surface area (TPSA) is 86.6 Å². The van der Waals surface area contributed by atoms with Crippen LogP contribution < -0.4 is 5.32 Å². The molecule has 0 bridgehead atoms. The van der Waals surface area contributed by atoms with Crippen molar-refractivity contribution in [1.82, 2.24) is 5.32 Å². The highest BCUT2D eigenvalue weighted by Crippen LogP contribution is 2.21. The van der Waals surface area contributed by atoms with E-state index in [0.29, 0.717) is 24.0 Å². The van der Waals surface area contributed by atoms with E-state index in [1.165, 1.54) is 0 Å². The van der Waals surface area contributed by atoms with Crippen molar-refractivity contribution in [2.45, 2.75) is 46.1 Å². The molecule has 1 aromatic rings. The average molecular weight is 293 g/mol. The number of aliphatic hydroxyl groups excluding tert-OH is 1. The van der Waals surface area contributed by atoms with Crippen molar-refractivity contribution in [1.29, 1.82) is 0 Å². The van der Waals surface area contributed by atoms with Crippen LogP contribution in [0.1, 0.15) is 58.5 Å². The Balaban J connectivity index is 3.25. The number of carboxylic acids is 1. The molecule has 1 rings (SSSR count). The first-order chi connectivity index (χ1) is 9.75. The molecule has 0 spiro atoms. The summed E-state index contributed by atoms with van der Waals surface area (Å²) in [6, 6.07) is 3.44. The third kappa shape index (κ3) is 3.82. The molecule has 0 heterocycles. The predicted octanol–water partition coefficient (Wildman–Crippen LogP) is 2.28. The van der Waals surface area contributed by atoms with Gasteiger partial charge in [0.1, 0.15) is 0 Å². The van der Waals surface area contributed by atoms with Crippen LogP contribution in [-0.4, -0.2) is 34.2 Å². The summed E-state index contributed by atoms with van der Waals surface area (Å²) in [6.07, 6.45) is 1.06. The molecule has 0 aromatic heterocycles. The third-order valence-corrected chi connectivity index (χ3v) is 3.92. The highest BCUT2D eigenvalue weighted by molar-refractivity contribution is 6.06. The van der Waals surface area contributed by atoms with Crippen LogP contribution in [-0.2, 0) is 0 Å². The Kier molecular flexibility index (Phi) is 5.49. The first-order valence-corrected chi connectivity index (χ1v) is 7.02. The quantitative estimate of drug-likeness (QED) is 0.751. The van der Waals surface area contributed by atoms with Gasteiger partial charge in [-0.3, -0.25) is 4.79 Å². The van der Waals surface area contributed by atoms with Crippen LogP contribution in [0, 0.1) is 13.8 Å². The molecule has 5 heteroatoms. The lowest BCUT2D eigenvalue weighted by atomic mass is 9.92. The van der Waals surface area contributed by atoms with Gasteiger partial charge in [-0.05, 0) is 44.7 Å². The van der Waals surface area contributed by atoms with E-state index in [0.717, 1.165) is 0 Å². The van der Waals surface area contributed by atoms with Gasteiger partial charge in [0.25, 0.3) is 5.91 Å². The Hall–Kier alpha value is -1.88. The number of aliphatic hydroxyl groups is 1. The van der Waals surface area contributed by atoms with Crippen LogP contribution in [0.15, 0.2) is 12.1 Å². The Bertz CT molecular complexity index is 553. The molecule has 1 amide bonds. The maximum Gasteiger partial charge on any atom is 0.336 e. The van der Waals surface area contributed by atoms with Crippen molar-refractivity contribution in [2.24, 2.45) is 0 Å². The van der Waals surface area contributed by atoms with Gasteiger partial charge in [-0.25, -0.2) is 4.79 Å². The maximum atomic E-state index is 12.5. The second kappa shape index (κ2) is 6.72. The Labute approximate surface area is 125 Å². The molecule has 0 saturated carbocycles. The SMILES string of the molecule is CCC(C)(CCO)NC(=O)c1c(C)ccc(C)c1C(=O)O. The Morgan fingerprint density at radius 2 is 1.71 bits per heavy atom. The van der Waals surface area contributed by atoms with E-state index < -0.39 is 17.4 Å². The van der Waals surface area contributed by atoms with Crippen molar-refractivity contribution < 1.29 is 19.8 Å². The molecule has 0 fully saturated rings. The molecule has 0 aliphatic heterocycles. The number of carbonyl (C=O) groups excluding carboxylic acids is 1. The number of aromatic carboxylic acids is 1. The minimum atomic E-state index is -1.11. The average Bonchev–Trinajstić information content (AvgIpc) is 2.40. The summed E-state index contributed by atoms with van der Waals surface area (Å²) in [6.45, 7) is 7.11. The highest BCUT2D eigenvalue weighted by atomic mass is 16.4. The third-order valence-electron chi connectivity index (χ3n) is 3.92. The fraction of sp³-hybridized carbons (Fsp3) is 0.500. The molecule has 5 nitrogen and oxygen atoms in total. The smallest absolute Gasteiger partial charge is 0.336 e. The van der Waals surface area contributed by atoms with E-state index in [2.05, 4.69) is 5.32 Å². The number of hydrogen-bond acceptors (Lipinski definition) is 3. The number of carboxylic acid groups (broad SMARTS) is 1. The second-order valence-electron chi connectivity index (χ2n) is 5.60. The Morgan fingerprint density at radius 1 is 1.19 bits per heavy atom. The predicted molar refractivity (Wildman–Crippen MR) is 80.7 cm³/mol. The summed E-state index contributed by atoms with van der Waals surface area (Å²) in [4.78, 5) is 24.0. The standard InChI is InChI=1S/C16H23NO4/c1-5-16(4,8-9-18)17-14(19)12-10(2)6-7-11(3)13(12)15(20)21/h6-7,18H,5,8-9H2,1-4H3,(H,17,19)(H,20,21). The maximum absolute atomic E-state index is 12.5. The molecular formula is C16H23NO4. The van der Waals surface area contributed by atoms with Gasteiger partial charge in [0.15, 0.2) is 0 Å². The molecule has 1 atom stereocenters. The second-order valence-corrected chi connectivity index (χ2v) is 5.60. The van der Waals surface area contributed by atoms with Gasteiger partial charge in [0.2, 0.25) is 0 Å². The van der Waals surface area contributed by atoms with Crippen LogP contribution in [0.4, 0.5) is 0 Å². The van der Waals surface area contributed by atoms with Crippen molar-refractivity contribution in [3.8, 4) is 0 Å². The van der Waals surface area contributed by atoms with Gasteiger partial charge in [0, 0.05) is 12.1 Å². The van der Waals surface area contributed by atoms with Crippen molar-refractivity contribution in [2.75, 3.05) is 6.61 Å². The summed E-state index contributed by atoms with van der Waals surface area (Å²) >= 11 is 0. The van der Waals surface area contributed by atoms with E-state index in [-0.39, 0.29) is 17.7 Å². The van der Waals surface area contributed by atoms with E-state index in [9.17, 15) is 14.7 Å². The minimum absolute atomic E-state index is 0.0370. The van der Waals surface area contributed by atoms with Crippen LogP contribution in [0.3, 0.4) is 0 Å². The zero-order chi connectivity index (χ0) is 16.2. The molecule has 1 aromatic carbocycles. The lowest BCUT2D eigenvalue weighted by Gasteiger charge is -2.29. The van der Waals surface area contributed by atoms with E-state index in [1.54, 1.807) is 26.0 Å². The normalized spacial score (nSPS) is 13.6. The molecular weight excluding hydrogens is 270 g/mol. The fourth-order valence-electron chi connectivity index (χ4n) is 2.29. The molecule has 0 saturated heterocycles. The lowest BCUT2D eigenvalue weighted by molar-refractivity contribution is 0.0687. The summed E-state index contributed by atoms with van der Waals surface area (Å²) < 4.78 is 0. The van der Waals surface area contributed by atoms with Gasteiger partial charge in [-0.15, -0.1) is 0 Å². The van der Waals surface area contributed by atoms with E-state index in [1.807, 2.05) is 13.8 Å². The largest absolute Gasteiger partial charge is 0.478 e. The first-order valence-electron chi connectivity index (χ1n) is 7.02. The zero-order valence-corrected chi connectivity index (χ0v) is 13.0. The van der Waals surface area contributed by atoms with Gasteiger partial charge in [-0.2, -0.15) is 0 Å². The molecule has 0 aliphatic carbocycles. The van der Waals surface area contributed by atoms with Crippen molar-refractivity contribution >= 4 is 11.9 Å². The van der Waals surface area contributed by atoms with E-state index in [4.69, 9.17) is 5.11 Å². The van der Waals surface area contributed by atoms with Crippen LogP contribution in [0.25, 0.3) is 0 Å². The van der Waals surface area contributed by atoms with Crippen LogP contribution in [0.5, 0.6) is 0 Å². The molecule has 0 aliphatic rings. The molecule has 3 N–H and O–H groups in total. The monoisotopic (exact) mass is 293 g/mol. The van der Waals surface area contributed by atoms with Crippen LogP contribution >= 0.6 is 0 Å². The van der Waals surface area contributed by atoms with Crippen molar-refractivity contribution in [3.63, 3.8) is 0 Å². The number of hydrogen-bond donors (Lipinski definition) is 3. The summed E-state index contributed by atoms with van der Waals surface area (Å²) in [5.41, 5.74) is 0.851. The molecule has 0 radical (unpaired) electrons. The number of carbonyl (C=O) groups is 2. The van der Waals surface area contributed by atoms with Crippen LogP contribution in [0.2, 0.25) is 0 Å². The van der Waals surface area contributed by atoms with Crippen molar-refractivity contribution in [3.05, 3.63) is 34.4 Å². The minimum Gasteiger partial charge on any atom is -0.478 e. The van der Waals surface area contributed by atoms with Gasteiger partial charge < -0.3 is 15.5 Å². The number of benzene rings is 1.